The highest BCUT2D eigenvalue weighted by Crippen LogP contribution is 2.25. The van der Waals surface area contributed by atoms with E-state index >= 15 is 0 Å². The number of hydrogen-bond donors (Lipinski definition) is 1. The molecule has 2 N–H and O–H groups in total. The second kappa shape index (κ2) is 5.85. The van der Waals surface area contributed by atoms with Gasteiger partial charge in [0.2, 0.25) is 5.91 Å². The summed E-state index contributed by atoms with van der Waals surface area (Å²) >= 11 is 0. The lowest BCUT2D eigenvalue weighted by atomic mass is 9.85. The van der Waals surface area contributed by atoms with Gasteiger partial charge in [0.1, 0.15) is 0 Å². The summed E-state index contributed by atoms with van der Waals surface area (Å²) in [5.41, 5.74) is 5.93. The maximum absolute atomic E-state index is 12.4. The molecule has 0 aromatic rings. The second-order valence-corrected chi connectivity index (χ2v) is 6.26. The molecule has 0 unspecified atom stereocenters. The summed E-state index contributed by atoms with van der Waals surface area (Å²) in [5.74, 6) is 0.131. The number of rotatable bonds is 3. The summed E-state index contributed by atoms with van der Waals surface area (Å²) in [7, 11) is 0. The topological polar surface area (TPSA) is 46.3 Å². The summed E-state index contributed by atoms with van der Waals surface area (Å²) in [5, 5.41) is 0. The summed E-state index contributed by atoms with van der Waals surface area (Å²) in [6, 6.07) is 0.0408. The highest BCUT2D eigenvalue weighted by atomic mass is 16.2. The fourth-order valence-corrected chi connectivity index (χ4v) is 2.54. The number of nitrogens with two attached hydrogens (primary N) is 1. The van der Waals surface area contributed by atoms with Crippen LogP contribution in [0.4, 0.5) is 0 Å². The van der Waals surface area contributed by atoms with Crippen molar-refractivity contribution in [2.75, 3.05) is 6.54 Å². The van der Waals surface area contributed by atoms with Crippen LogP contribution in [0.1, 0.15) is 59.8 Å². The molecule has 1 saturated carbocycles. The van der Waals surface area contributed by atoms with Crippen LogP contribution in [0.5, 0.6) is 0 Å². The molecule has 0 aliphatic heterocycles. The molecule has 0 bridgehead atoms. The first-order valence-corrected chi connectivity index (χ1v) is 6.94. The zero-order valence-electron chi connectivity index (χ0n) is 11.8. The van der Waals surface area contributed by atoms with Crippen molar-refractivity contribution >= 4 is 5.91 Å². The Hall–Kier alpha value is -0.570. The largest absolute Gasteiger partial charge is 0.339 e. The monoisotopic (exact) mass is 240 g/mol. The van der Waals surface area contributed by atoms with Gasteiger partial charge in [-0.1, -0.05) is 40.0 Å². The number of carbonyl (C=O) groups excluding carboxylic acids is 1. The van der Waals surface area contributed by atoms with Gasteiger partial charge in [-0.25, -0.2) is 0 Å². The molecule has 3 heteroatoms. The van der Waals surface area contributed by atoms with E-state index in [0.29, 0.717) is 6.04 Å². The van der Waals surface area contributed by atoms with Crippen LogP contribution in [-0.2, 0) is 4.79 Å². The predicted molar refractivity (Wildman–Crippen MR) is 71.7 cm³/mol. The van der Waals surface area contributed by atoms with Gasteiger partial charge in [-0.3, -0.25) is 4.79 Å². The predicted octanol–water partition coefficient (Wildman–Crippen LogP) is 2.54. The fourth-order valence-electron chi connectivity index (χ4n) is 2.54. The number of hydrogen-bond acceptors (Lipinski definition) is 2. The van der Waals surface area contributed by atoms with Crippen LogP contribution in [0, 0.1) is 5.41 Å². The van der Waals surface area contributed by atoms with Crippen molar-refractivity contribution in [3.05, 3.63) is 0 Å². The van der Waals surface area contributed by atoms with Crippen molar-refractivity contribution in [3.63, 3.8) is 0 Å². The van der Waals surface area contributed by atoms with Gasteiger partial charge in [0.15, 0.2) is 0 Å². The van der Waals surface area contributed by atoms with E-state index < -0.39 is 0 Å². The molecule has 0 aromatic heterocycles. The normalized spacial score (nSPS) is 20.1. The Balaban J connectivity index is 2.69. The van der Waals surface area contributed by atoms with Gasteiger partial charge in [0.05, 0.1) is 6.04 Å². The van der Waals surface area contributed by atoms with E-state index in [0.717, 1.165) is 19.4 Å². The summed E-state index contributed by atoms with van der Waals surface area (Å²) in [6.45, 7) is 8.94. The van der Waals surface area contributed by atoms with E-state index in [2.05, 4.69) is 6.92 Å². The van der Waals surface area contributed by atoms with E-state index in [4.69, 9.17) is 5.73 Å². The van der Waals surface area contributed by atoms with Crippen molar-refractivity contribution in [1.82, 2.24) is 4.90 Å². The van der Waals surface area contributed by atoms with E-state index in [-0.39, 0.29) is 17.4 Å². The number of carbonyl (C=O) groups is 1. The van der Waals surface area contributed by atoms with Gasteiger partial charge in [-0.05, 0) is 25.2 Å². The summed E-state index contributed by atoms with van der Waals surface area (Å²) in [6.07, 6.45) is 6.11. The molecule has 0 aromatic carbocycles. The van der Waals surface area contributed by atoms with Gasteiger partial charge >= 0.3 is 0 Å². The van der Waals surface area contributed by atoms with Crippen molar-refractivity contribution in [3.8, 4) is 0 Å². The van der Waals surface area contributed by atoms with Crippen molar-refractivity contribution < 1.29 is 4.79 Å². The van der Waals surface area contributed by atoms with E-state index in [9.17, 15) is 4.79 Å². The van der Waals surface area contributed by atoms with Gasteiger partial charge < -0.3 is 10.6 Å². The Bertz CT molecular complexity index is 251. The molecular formula is C14H28N2O. The van der Waals surface area contributed by atoms with E-state index in [1.54, 1.807) is 0 Å². The van der Waals surface area contributed by atoms with Crippen LogP contribution in [0.3, 0.4) is 0 Å². The number of likely N-dealkylation sites (N-methyl/N-ethyl adjacent to an activating group) is 1. The Labute approximate surface area is 106 Å². The second-order valence-electron chi connectivity index (χ2n) is 6.26. The minimum absolute atomic E-state index is 0.131. The van der Waals surface area contributed by atoms with Gasteiger partial charge in [-0.2, -0.15) is 0 Å². The van der Waals surface area contributed by atoms with Gasteiger partial charge in [-0.15, -0.1) is 0 Å². The molecular weight excluding hydrogens is 212 g/mol. The molecule has 0 heterocycles. The highest BCUT2D eigenvalue weighted by molar-refractivity contribution is 5.82. The molecule has 17 heavy (non-hydrogen) atoms. The summed E-state index contributed by atoms with van der Waals surface area (Å²) < 4.78 is 0. The smallest absolute Gasteiger partial charge is 0.240 e. The fraction of sp³-hybridized carbons (Fsp3) is 0.929. The Morgan fingerprint density at radius 1 is 1.29 bits per heavy atom. The molecule has 1 atom stereocenters. The van der Waals surface area contributed by atoms with Crippen molar-refractivity contribution in [2.45, 2.75) is 71.9 Å². The molecule has 100 valence electrons. The summed E-state index contributed by atoms with van der Waals surface area (Å²) in [4.78, 5) is 14.4. The van der Waals surface area contributed by atoms with E-state index in [1.807, 2.05) is 25.7 Å². The van der Waals surface area contributed by atoms with Crippen LogP contribution in [0.2, 0.25) is 0 Å². The minimum atomic E-state index is -0.385. The molecule has 1 amide bonds. The molecule has 1 aliphatic carbocycles. The molecule has 0 saturated heterocycles. The maximum Gasteiger partial charge on any atom is 0.240 e. The minimum Gasteiger partial charge on any atom is -0.339 e. The molecule has 1 fully saturated rings. The van der Waals surface area contributed by atoms with Crippen molar-refractivity contribution in [2.24, 2.45) is 11.1 Å². The van der Waals surface area contributed by atoms with Crippen molar-refractivity contribution in [1.29, 1.82) is 0 Å². The van der Waals surface area contributed by atoms with Crippen LogP contribution in [-0.4, -0.2) is 29.4 Å². The third-order valence-electron chi connectivity index (χ3n) is 3.84. The quantitative estimate of drug-likeness (QED) is 0.824. The molecule has 1 rings (SSSR count). The Kier molecular flexibility index (Phi) is 4.99. The number of amides is 1. The lowest BCUT2D eigenvalue weighted by Crippen LogP contribution is -2.53. The average Bonchev–Trinajstić information content (AvgIpc) is 2.29. The third kappa shape index (κ3) is 3.70. The lowest BCUT2D eigenvalue weighted by molar-refractivity contribution is -0.137. The number of nitrogens with zero attached hydrogens (tertiary/aromatic N) is 1. The zero-order valence-corrected chi connectivity index (χ0v) is 11.8. The molecule has 3 nitrogen and oxygen atoms in total. The van der Waals surface area contributed by atoms with Gasteiger partial charge in [0.25, 0.3) is 0 Å². The Morgan fingerprint density at radius 3 is 2.24 bits per heavy atom. The lowest BCUT2D eigenvalue weighted by Gasteiger charge is -2.38. The van der Waals surface area contributed by atoms with Crippen LogP contribution < -0.4 is 5.73 Å². The van der Waals surface area contributed by atoms with Crippen LogP contribution in [0.25, 0.3) is 0 Å². The Morgan fingerprint density at radius 2 is 1.82 bits per heavy atom. The average molecular weight is 240 g/mol. The SMILES string of the molecule is CCN(C(=O)[C@H](N)C(C)(C)C)C1CCCCC1. The zero-order chi connectivity index (χ0) is 13.1. The first-order valence-electron chi connectivity index (χ1n) is 6.94. The van der Waals surface area contributed by atoms with Crippen LogP contribution >= 0.6 is 0 Å². The first-order chi connectivity index (χ1) is 7.88. The van der Waals surface area contributed by atoms with Gasteiger partial charge in [0, 0.05) is 12.6 Å². The maximum atomic E-state index is 12.4. The third-order valence-corrected chi connectivity index (χ3v) is 3.84. The van der Waals surface area contributed by atoms with E-state index in [1.165, 1.54) is 19.3 Å². The molecule has 1 aliphatic rings. The van der Waals surface area contributed by atoms with Crippen LogP contribution in [0.15, 0.2) is 0 Å². The molecule has 0 spiro atoms. The highest BCUT2D eigenvalue weighted by Gasteiger charge is 2.33. The molecule has 0 radical (unpaired) electrons. The first kappa shape index (κ1) is 14.5. The standard InChI is InChI=1S/C14H28N2O/c1-5-16(11-9-7-6-8-10-11)13(17)12(15)14(2,3)4/h11-12H,5-10,15H2,1-4H3/t12-/m0/s1.